The number of hydrogen-bond acceptors (Lipinski definition) is 4. The lowest BCUT2D eigenvalue weighted by Gasteiger charge is -2.08. The van der Waals surface area contributed by atoms with Gasteiger partial charge in [0, 0.05) is 41.8 Å². The van der Waals surface area contributed by atoms with Gasteiger partial charge in [-0.05, 0) is 49.0 Å². The van der Waals surface area contributed by atoms with Gasteiger partial charge in [-0.1, -0.05) is 12.1 Å². The van der Waals surface area contributed by atoms with E-state index in [-0.39, 0.29) is 5.91 Å². The predicted molar refractivity (Wildman–Crippen MR) is 117 cm³/mol. The lowest BCUT2D eigenvalue weighted by Crippen LogP contribution is -2.13. The van der Waals surface area contributed by atoms with Crippen LogP contribution in [0, 0.1) is 0 Å². The molecule has 148 valence electrons. The second kappa shape index (κ2) is 7.46. The van der Waals surface area contributed by atoms with E-state index >= 15 is 0 Å². The Hall–Kier alpha value is -3.97. The number of H-pyrrole nitrogens is 1. The van der Waals surface area contributed by atoms with E-state index in [0.29, 0.717) is 5.56 Å². The van der Waals surface area contributed by atoms with E-state index in [4.69, 9.17) is 0 Å². The third-order valence-electron chi connectivity index (χ3n) is 5.06. The lowest BCUT2D eigenvalue weighted by atomic mass is 10.2. The van der Waals surface area contributed by atoms with Crippen LogP contribution in [0.5, 0.6) is 0 Å². The number of carbonyl (C=O) groups excluding carboxylic acids is 1. The first-order valence-electron chi connectivity index (χ1n) is 9.67. The fourth-order valence-electron chi connectivity index (χ4n) is 3.52. The molecule has 30 heavy (non-hydrogen) atoms. The normalized spacial score (nSPS) is 11.2. The van der Waals surface area contributed by atoms with E-state index in [1.165, 1.54) is 0 Å². The first-order chi connectivity index (χ1) is 14.7. The maximum absolute atomic E-state index is 12.8. The molecule has 0 aliphatic heterocycles. The highest BCUT2D eigenvalue weighted by atomic mass is 16.1. The molecule has 5 rings (SSSR count). The van der Waals surface area contributed by atoms with Crippen LogP contribution in [0.3, 0.4) is 0 Å². The van der Waals surface area contributed by atoms with Crippen LogP contribution in [0.2, 0.25) is 0 Å². The van der Waals surface area contributed by atoms with Crippen LogP contribution in [-0.4, -0.2) is 32.3 Å². The van der Waals surface area contributed by atoms with Crippen molar-refractivity contribution in [1.29, 1.82) is 0 Å². The van der Waals surface area contributed by atoms with Gasteiger partial charge in [0.2, 0.25) is 0 Å². The molecule has 0 fully saturated rings. The molecule has 0 aliphatic rings. The van der Waals surface area contributed by atoms with Gasteiger partial charge in [-0.25, -0.2) is 9.97 Å². The summed E-state index contributed by atoms with van der Waals surface area (Å²) in [5.41, 5.74) is 5.90. The molecule has 0 atom stereocenters. The van der Waals surface area contributed by atoms with Crippen molar-refractivity contribution in [3.05, 3.63) is 84.4 Å². The molecule has 1 amide bonds. The summed E-state index contributed by atoms with van der Waals surface area (Å²) >= 11 is 0. The summed E-state index contributed by atoms with van der Waals surface area (Å²) in [4.78, 5) is 24.8. The number of pyridine rings is 2. The van der Waals surface area contributed by atoms with Crippen molar-refractivity contribution in [2.75, 3.05) is 12.4 Å². The molecule has 7 heteroatoms. The van der Waals surface area contributed by atoms with Crippen LogP contribution in [-0.2, 0) is 6.54 Å². The largest absolute Gasteiger partial charge is 0.346 e. The number of anilines is 1. The number of rotatable bonds is 5. The number of benzene rings is 1. The number of amides is 1. The summed E-state index contributed by atoms with van der Waals surface area (Å²) in [6.45, 7) is 0.789. The van der Waals surface area contributed by atoms with E-state index in [9.17, 15) is 4.79 Å². The number of aromatic amines is 1. The van der Waals surface area contributed by atoms with Crippen molar-refractivity contribution >= 4 is 28.3 Å². The van der Waals surface area contributed by atoms with Crippen LogP contribution in [0.4, 0.5) is 5.69 Å². The number of aromatic nitrogens is 4. The van der Waals surface area contributed by atoms with E-state index in [2.05, 4.69) is 31.7 Å². The highest BCUT2D eigenvalue weighted by molar-refractivity contribution is 6.04. The fraction of sp³-hybridized carbons (Fsp3) is 0.0870. The third-order valence-corrected chi connectivity index (χ3v) is 5.06. The van der Waals surface area contributed by atoms with Gasteiger partial charge in [-0.3, -0.25) is 9.20 Å². The Bertz CT molecular complexity index is 1350. The minimum Gasteiger partial charge on any atom is -0.346 e. The summed E-state index contributed by atoms with van der Waals surface area (Å²) in [7, 11) is 1.91. The molecule has 4 heterocycles. The number of carbonyl (C=O) groups is 1. The fourth-order valence-corrected chi connectivity index (χ4v) is 3.52. The summed E-state index contributed by atoms with van der Waals surface area (Å²) in [6.07, 6.45) is 7.28. The molecule has 0 saturated carbocycles. The Kier molecular flexibility index (Phi) is 4.49. The summed E-state index contributed by atoms with van der Waals surface area (Å²) in [5, 5.41) is 7.09. The third kappa shape index (κ3) is 3.31. The quantitative estimate of drug-likeness (QED) is 0.421. The standard InChI is InChI=1S/C23H20N6O/c1-24-11-15-2-5-19(6-3-15)28-23(30)17-4-7-21-26-13-20(29(21)14-17)18-10-16-8-9-25-22(16)27-12-18/h2-10,12-14,24H,11H2,1H3,(H,25,27)(H,28,30). The monoisotopic (exact) mass is 396 g/mol. The van der Waals surface area contributed by atoms with Crippen LogP contribution < -0.4 is 10.6 Å². The molecule has 3 N–H and O–H groups in total. The highest BCUT2D eigenvalue weighted by Crippen LogP contribution is 2.24. The van der Waals surface area contributed by atoms with Gasteiger partial charge in [0.15, 0.2) is 0 Å². The Morgan fingerprint density at radius 3 is 2.77 bits per heavy atom. The summed E-state index contributed by atoms with van der Waals surface area (Å²) in [6, 6.07) is 15.5. The van der Waals surface area contributed by atoms with Crippen molar-refractivity contribution in [2.45, 2.75) is 6.54 Å². The highest BCUT2D eigenvalue weighted by Gasteiger charge is 2.12. The minimum absolute atomic E-state index is 0.169. The van der Waals surface area contributed by atoms with Gasteiger partial charge in [0.25, 0.3) is 5.91 Å². The van der Waals surface area contributed by atoms with Crippen molar-refractivity contribution in [3.63, 3.8) is 0 Å². The van der Waals surface area contributed by atoms with Crippen LogP contribution >= 0.6 is 0 Å². The SMILES string of the molecule is CNCc1ccc(NC(=O)c2ccc3ncc(-c4cnc5[nH]ccc5c4)n3c2)cc1. The average Bonchev–Trinajstić information content (AvgIpc) is 3.41. The molecule has 0 spiro atoms. The van der Waals surface area contributed by atoms with Gasteiger partial charge in [0.1, 0.15) is 11.3 Å². The maximum atomic E-state index is 12.8. The molecule has 5 aromatic rings. The first-order valence-corrected chi connectivity index (χ1v) is 9.67. The van der Waals surface area contributed by atoms with Gasteiger partial charge in [-0.15, -0.1) is 0 Å². The molecule has 0 saturated heterocycles. The number of nitrogens with one attached hydrogen (secondary N) is 3. The van der Waals surface area contributed by atoms with E-state index in [1.807, 2.05) is 66.4 Å². The molecule has 0 radical (unpaired) electrons. The molecule has 4 aromatic heterocycles. The molecule has 7 nitrogen and oxygen atoms in total. The molecular formula is C23H20N6O. The molecular weight excluding hydrogens is 376 g/mol. The number of hydrogen-bond donors (Lipinski definition) is 3. The Labute approximate surface area is 172 Å². The van der Waals surface area contributed by atoms with Crippen molar-refractivity contribution in [2.24, 2.45) is 0 Å². The average molecular weight is 396 g/mol. The molecule has 0 bridgehead atoms. The zero-order chi connectivity index (χ0) is 20.5. The van der Waals surface area contributed by atoms with Crippen LogP contribution in [0.1, 0.15) is 15.9 Å². The van der Waals surface area contributed by atoms with Gasteiger partial charge in [-0.2, -0.15) is 0 Å². The number of imidazole rings is 1. The van der Waals surface area contributed by atoms with Crippen molar-refractivity contribution in [3.8, 4) is 11.3 Å². The van der Waals surface area contributed by atoms with Gasteiger partial charge in [0.05, 0.1) is 17.5 Å². The number of nitrogens with zero attached hydrogens (tertiary/aromatic N) is 3. The maximum Gasteiger partial charge on any atom is 0.257 e. The number of fused-ring (bicyclic) bond motifs is 2. The Morgan fingerprint density at radius 1 is 1.07 bits per heavy atom. The van der Waals surface area contributed by atoms with Crippen molar-refractivity contribution in [1.82, 2.24) is 24.7 Å². The lowest BCUT2D eigenvalue weighted by molar-refractivity contribution is 0.102. The second-order valence-electron chi connectivity index (χ2n) is 7.11. The van der Waals surface area contributed by atoms with Crippen LogP contribution in [0.15, 0.2) is 73.3 Å². The smallest absolute Gasteiger partial charge is 0.257 e. The molecule has 0 unspecified atom stereocenters. The molecule has 0 aliphatic carbocycles. The van der Waals surface area contributed by atoms with E-state index in [1.54, 1.807) is 12.3 Å². The Balaban J connectivity index is 1.45. The second-order valence-corrected chi connectivity index (χ2v) is 7.11. The zero-order valence-corrected chi connectivity index (χ0v) is 16.4. The first kappa shape index (κ1) is 18.1. The van der Waals surface area contributed by atoms with Gasteiger partial charge < -0.3 is 15.6 Å². The molecule has 1 aromatic carbocycles. The summed E-state index contributed by atoms with van der Waals surface area (Å²) in [5.74, 6) is -0.169. The van der Waals surface area contributed by atoms with Crippen molar-refractivity contribution < 1.29 is 4.79 Å². The minimum atomic E-state index is -0.169. The van der Waals surface area contributed by atoms with Gasteiger partial charge >= 0.3 is 0 Å². The van der Waals surface area contributed by atoms with E-state index in [0.717, 1.165) is 45.7 Å². The topological polar surface area (TPSA) is 87.1 Å². The van der Waals surface area contributed by atoms with Crippen LogP contribution in [0.25, 0.3) is 27.9 Å². The summed E-state index contributed by atoms with van der Waals surface area (Å²) < 4.78 is 1.92. The van der Waals surface area contributed by atoms with E-state index < -0.39 is 0 Å². The predicted octanol–water partition coefficient (Wildman–Crippen LogP) is 3.85. The Morgan fingerprint density at radius 2 is 1.93 bits per heavy atom. The zero-order valence-electron chi connectivity index (χ0n) is 16.4.